The van der Waals surface area contributed by atoms with Gasteiger partial charge in [0.2, 0.25) is 11.0 Å². The second-order valence-corrected chi connectivity index (χ2v) is 8.65. The highest BCUT2D eigenvalue weighted by molar-refractivity contribution is 7.15. The van der Waals surface area contributed by atoms with Crippen LogP contribution in [0.1, 0.15) is 38.8 Å². The highest BCUT2D eigenvalue weighted by atomic mass is 32.1. The van der Waals surface area contributed by atoms with E-state index in [-0.39, 0.29) is 17.7 Å². The lowest BCUT2D eigenvalue weighted by atomic mass is 10.1. The van der Waals surface area contributed by atoms with Crippen molar-refractivity contribution in [2.24, 2.45) is 0 Å². The van der Waals surface area contributed by atoms with Crippen molar-refractivity contribution < 1.29 is 19.1 Å². The van der Waals surface area contributed by atoms with Crippen molar-refractivity contribution >= 4 is 34.0 Å². The van der Waals surface area contributed by atoms with E-state index in [9.17, 15) is 9.59 Å². The van der Waals surface area contributed by atoms with Crippen LogP contribution in [0.25, 0.3) is 0 Å². The van der Waals surface area contributed by atoms with Gasteiger partial charge in [0.1, 0.15) is 5.01 Å². The molecule has 1 aliphatic heterocycles. The Labute approximate surface area is 190 Å². The SMILES string of the molecule is COc1ccc(C(=O)Nc2nnc([C@H]3CC(=O)N(c4ccc(C)c(C)c4)C3)s2)cc1OC. The fourth-order valence-corrected chi connectivity index (χ4v) is 4.44. The molecule has 2 amide bonds. The molecule has 1 aromatic heterocycles. The van der Waals surface area contributed by atoms with Crippen molar-refractivity contribution in [3.05, 3.63) is 58.1 Å². The van der Waals surface area contributed by atoms with Crippen LogP contribution < -0.4 is 19.7 Å². The van der Waals surface area contributed by atoms with Crippen molar-refractivity contribution in [2.45, 2.75) is 26.2 Å². The molecule has 1 N–H and O–H groups in total. The number of amides is 2. The molecule has 4 rings (SSSR count). The number of rotatable bonds is 6. The number of benzene rings is 2. The highest BCUT2D eigenvalue weighted by Crippen LogP contribution is 2.35. The summed E-state index contributed by atoms with van der Waals surface area (Å²) in [5.74, 6) is 0.682. The molecule has 1 fully saturated rings. The monoisotopic (exact) mass is 452 g/mol. The molecule has 0 spiro atoms. The average molecular weight is 453 g/mol. The van der Waals surface area contributed by atoms with Crippen LogP contribution in [0.4, 0.5) is 10.8 Å². The van der Waals surface area contributed by atoms with Gasteiger partial charge in [-0.15, -0.1) is 10.2 Å². The Balaban J connectivity index is 1.45. The summed E-state index contributed by atoms with van der Waals surface area (Å²) in [6, 6.07) is 11.0. The molecule has 2 heterocycles. The standard InChI is InChI=1S/C23H24N4O4S/c1-13-5-7-17(9-14(13)2)27-12-16(11-20(27)28)22-25-26-23(32-22)24-21(29)15-6-8-18(30-3)19(10-15)31-4/h5-10,16H,11-12H2,1-4H3,(H,24,26,29)/t16-/m0/s1. The summed E-state index contributed by atoms with van der Waals surface area (Å²) in [7, 11) is 3.05. The Morgan fingerprint density at radius 3 is 2.56 bits per heavy atom. The van der Waals surface area contributed by atoms with Gasteiger partial charge >= 0.3 is 0 Å². The fourth-order valence-electron chi connectivity index (χ4n) is 3.61. The Morgan fingerprint density at radius 2 is 1.84 bits per heavy atom. The van der Waals surface area contributed by atoms with Crippen molar-refractivity contribution in [3.63, 3.8) is 0 Å². The van der Waals surface area contributed by atoms with E-state index in [1.807, 2.05) is 32.0 Å². The van der Waals surface area contributed by atoms with E-state index in [0.29, 0.717) is 35.2 Å². The average Bonchev–Trinajstić information content (AvgIpc) is 3.41. The number of carbonyl (C=O) groups is 2. The first-order valence-corrected chi connectivity index (χ1v) is 11.0. The maximum Gasteiger partial charge on any atom is 0.257 e. The number of hydrogen-bond acceptors (Lipinski definition) is 7. The van der Waals surface area contributed by atoms with Crippen LogP contribution in [0.3, 0.4) is 0 Å². The van der Waals surface area contributed by atoms with E-state index >= 15 is 0 Å². The minimum atomic E-state index is -0.326. The molecular formula is C23H24N4O4S. The van der Waals surface area contributed by atoms with Crippen molar-refractivity contribution in [1.82, 2.24) is 10.2 Å². The summed E-state index contributed by atoms with van der Waals surface area (Å²) in [5.41, 5.74) is 3.65. The lowest BCUT2D eigenvalue weighted by molar-refractivity contribution is -0.117. The molecule has 32 heavy (non-hydrogen) atoms. The molecule has 166 valence electrons. The van der Waals surface area contributed by atoms with Crippen LogP contribution in [0.15, 0.2) is 36.4 Å². The molecule has 1 aliphatic rings. The summed E-state index contributed by atoms with van der Waals surface area (Å²) < 4.78 is 10.5. The lowest BCUT2D eigenvalue weighted by Gasteiger charge is -2.17. The third kappa shape index (κ3) is 4.29. The molecule has 2 aromatic carbocycles. The predicted octanol–water partition coefficient (Wildman–Crippen LogP) is 3.94. The van der Waals surface area contributed by atoms with Gasteiger partial charge in [0.15, 0.2) is 11.5 Å². The van der Waals surface area contributed by atoms with Crippen molar-refractivity contribution in [2.75, 3.05) is 31.0 Å². The van der Waals surface area contributed by atoms with E-state index < -0.39 is 0 Å². The van der Waals surface area contributed by atoms with Crippen molar-refractivity contribution in [3.8, 4) is 11.5 Å². The molecule has 0 aliphatic carbocycles. The molecular weight excluding hydrogens is 428 g/mol. The van der Waals surface area contributed by atoms with Crippen LogP contribution >= 0.6 is 11.3 Å². The zero-order valence-corrected chi connectivity index (χ0v) is 19.2. The van der Waals surface area contributed by atoms with Gasteiger partial charge in [0.05, 0.1) is 14.2 Å². The second kappa shape index (κ2) is 8.96. The minimum absolute atomic E-state index is 0.0596. The van der Waals surface area contributed by atoms with Gasteiger partial charge in [-0.3, -0.25) is 14.9 Å². The van der Waals surface area contributed by atoms with Gasteiger partial charge in [-0.2, -0.15) is 0 Å². The zero-order chi connectivity index (χ0) is 22.8. The summed E-state index contributed by atoms with van der Waals surface area (Å²) in [4.78, 5) is 27.0. The van der Waals surface area contributed by atoms with Crippen LogP contribution in [0.5, 0.6) is 11.5 Å². The summed E-state index contributed by atoms with van der Waals surface area (Å²) in [6.45, 7) is 4.63. The molecule has 8 nitrogen and oxygen atoms in total. The van der Waals surface area contributed by atoms with Gasteiger partial charge in [-0.25, -0.2) is 0 Å². The summed E-state index contributed by atoms with van der Waals surface area (Å²) in [6.07, 6.45) is 0.366. The topological polar surface area (TPSA) is 93.7 Å². The first-order chi connectivity index (χ1) is 15.4. The number of nitrogens with one attached hydrogen (secondary N) is 1. The Hall–Kier alpha value is -3.46. The lowest BCUT2D eigenvalue weighted by Crippen LogP contribution is -2.24. The first-order valence-electron chi connectivity index (χ1n) is 10.1. The van der Waals surface area contributed by atoms with E-state index in [4.69, 9.17) is 9.47 Å². The van der Waals surface area contributed by atoms with Crippen LogP contribution in [0, 0.1) is 13.8 Å². The Bertz CT molecular complexity index is 1180. The second-order valence-electron chi connectivity index (χ2n) is 7.64. The normalized spacial score (nSPS) is 15.7. The minimum Gasteiger partial charge on any atom is -0.493 e. The first kappa shape index (κ1) is 21.8. The number of hydrogen-bond donors (Lipinski definition) is 1. The number of anilines is 2. The molecule has 3 aromatic rings. The number of carbonyl (C=O) groups excluding carboxylic acids is 2. The maximum atomic E-state index is 12.6. The molecule has 0 unspecified atom stereocenters. The molecule has 0 saturated carbocycles. The molecule has 1 saturated heterocycles. The zero-order valence-electron chi connectivity index (χ0n) is 18.3. The highest BCUT2D eigenvalue weighted by Gasteiger charge is 2.34. The molecule has 0 bridgehead atoms. The van der Waals surface area contributed by atoms with Crippen LogP contribution in [0.2, 0.25) is 0 Å². The Morgan fingerprint density at radius 1 is 1.06 bits per heavy atom. The van der Waals surface area contributed by atoms with E-state index in [0.717, 1.165) is 16.3 Å². The number of aromatic nitrogens is 2. The van der Waals surface area contributed by atoms with Gasteiger partial charge in [-0.1, -0.05) is 17.4 Å². The summed E-state index contributed by atoms with van der Waals surface area (Å²) in [5, 5.41) is 12.2. The van der Waals surface area contributed by atoms with Gasteiger partial charge in [0, 0.05) is 30.1 Å². The van der Waals surface area contributed by atoms with Gasteiger partial charge in [0.25, 0.3) is 5.91 Å². The van der Waals surface area contributed by atoms with E-state index in [1.165, 1.54) is 31.1 Å². The smallest absolute Gasteiger partial charge is 0.257 e. The number of nitrogens with zero attached hydrogens (tertiary/aromatic N) is 3. The van der Waals surface area contributed by atoms with Gasteiger partial charge < -0.3 is 14.4 Å². The molecule has 0 radical (unpaired) electrons. The Kier molecular flexibility index (Phi) is 6.09. The quantitative estimate of drug-likeness (QED) is 0.609. The number of ether oxygens (including phenoxy) is 2. The predicted molar refractivity (Wildman–Crippen MR) is 123 cm³/mol. The van der Waals surface area contributed by atoms with Crippen LogP contribution in [-0.4, -0.2) is 42.8 Å². The largest absolute Gasteiger partial charge is 0.493 e. The maximum absolute atomic E-state index is 12.6. The number of methoxy groups -OCH3 is 2. The van der Waals surface area contributed by atoms with E-state index in [1.54, 1.807) is 23.1 Å². The third-order valence-electron chi connectivity index (χ3n) is 5.58. The molecule has 9 heteroatoms. The number of aryl methyl sites for hydroxylation is 2. The van der Waals surface area contributed by atoms with Gasteiger partial charge in [-0.05, 0) is 55.3 Å². The van der Waals surface area contributed by atoms with Crippen LogP contribution in [-0.2, 0) is 4.79 Å². The third-order valence-corrected chi connectivity index (χ3v) is 6.58. The fraction of sp³-hybridized carbons (Fsp3) is 0.304. The van der Waals surface area contributed by atoms with Crippen molar-refractivity contribution in [1.29, 1.82) is 0 Å². The summed E-state index contributed by atoms with van der Waals surface area (Å²) >= 11 is 1.29. The van der Waals surface area contributed by atoms with E-state index in [2.05, 4.69) is 15.5 Å². The molecule has 1 atom stereocenters.